The number of nitrogens with one attached hydrogen (secondary N) is 1. The van der Waals surface area contributed by atoms with E-state index in [2.05, 4.69) is 5.32 Å². The number of rotatable bonds is 4. The smallest absolute Gasteiger partial charge is 0.262 e. The highest BCUT2D eigenvalue weighted by Crippen LogP contribution is 2.31. The predicted octanol–water partition coefficient (Wildman–Crippen LogP) is 4.08. The van der Waals surface area contributed by atoms with E-state index in [4.69, 9.17) is 23.2 Å². The lowest BCUT2D eigenvalue weighted by atomic mass is 10.0. The van der Waals surface area contributed by atoms with Crippen LogP contribution in [0.2, 0.25) is 10.0 Å². The van der Waals surface area contributed by atoms with Crippen molar-refractivity contribution >= 4 is 40.9 Å². The van der Waals surface area contributed by atoms with Crippen molar-refractivity contribution in [2.45, 2.75) is 26.8 Å². The van der Waals surface area contributed by atoms with Crippen molar-refractivity contribution in [3.63, 3.8) is 0 Å². The number of hydrogen-bond donors (Lipinski definition) is 1. The largest absolute Gasteiger partial charge is 0.348 e. The highest BCUT2D eigenvalue weighted by molar-refractivity contribution is 6.43. The Morgan fingerprint density at radius 2 is 1.56 bits per heavy atom. The van der Waals surface area contributed by atoms with E-state index in [0.29, 0.717) is 0 Å². The molecule has 7 heteroatoms. The molecule has 0 saturated heterocycles. The van der Waals surface area contributed by atoms with Crippen LogP contribution in [-0.2, 0) is 4.79 Å². The number of hydrogen-bond acceptors (Lipinski definition) is 3. The van der Waals surface area contributed by atoms with Crippen molar-refractivity contribution in [1.29, 1.82) is 0 Å². The summed E-state index contributed by atoms with van der Waals surface area (Å²) in [4.78, 5) is 38.2. The number of nitrogens with zero attached hydrogens (tertiary/aromatic N) is 1. The van der Waals surface area contributed by atoms with Gasteiger partial charge in [-0.15, -0.1) is 0 Å². The minimum absolute atomic E-state index is 0.157. The lowest BCUT2D eigenvalue weighted by molar-refractivity contribution is -0.122. The SMILES string of the molecule is Cc1ccc([C@H](C)NC(=O)CN2C(=O)c3cc(Cl)c(Cl)cc3C2=O)cc1C. The fourth-order valence-corrected chi connectivity index (χ4v) is 3.30. The van der Waals surface area contributed by atoms with Crippen LogP contribution >= 0.6 is 23.2 Å². The first-order valence-corrected chi connectivity index (χ1v) is 9.16. The molecular formula is C20H18Cl2N2O3. The average Bonchev–Trinajstić information content (AvgIpc) is 2.82. The molecule has 0 spiro atoms. The molecule has 27 heavy (non-hydrogen) atoms. The molecule has 2 aromatic rings. The minimum atomic E-state index is -0.553. The molecule has 1 atom stereocenters. The standard InChI is InChI=1S/C20H18Cl2N2O3/c1-10-4-5-13(6-11(10)2)12(3)23-18(25)9-24-19(26)14-7-16(21)17(22)8-15(14)20(24)27/h4-8,12H,9H2,1-3H3,(H,23,25)/t12-/m0/s1. The number of fused-ring (bicyclic) bond motifs is 1. The number of amides is 3. The first-order chi connectivity index (χ1) is 12.7. The molecule has 1 N–H and O–H groups in total. The summed E-state index contributed by atoms with van der Waals surface area (Å²) < 4.78 is 0. The molecule has 2 aromatic carbocycles. The van der Waals surface area contributed by atoms with E-state index in [9.17, 15) is 14.4 Å². The van der Waals surface area contributed by atoms with E-state index in [1.165, 1.54) is 17.7 Å². The van der Waals surface area contributed by atoms with E-state index in [0.717, 1.165) is 16.0 Å². The first kappa shape index (κ1) is 19.4. The van der Waals surface area contributed by atoms with Crippen molar-refractivity contribution in [1.82, 2.24) is 10.2 Å². The third kappa shape index (κ3) is 3.70. The van der Waals surface area contributed by atoms with Crippen LogP contribution in [0, 0.1) is 13.8 Å². The van der Waals surface area contributed by atoms with Gasteiger partial charge in [-0.25, -0.2) is 0 Å². The molecule has 0 saturated carbocycles. The number of aryl methyl sites for hydroxylation is 2. The van der Waals surface area contributed by atoms with E-state index >= 15 is 0 Å². The van der Waals surface area contributed by atoms with Gasteiger partial charge in [0.1, 0.15) is 6.54 Å². The van der Waals surface area contributed by atoms with Crippen LogP contribution in [-0.4, -0.2) is 29.2 Å². The zero-order valence-electron chi connectivity index (χ0n) is 15.1. The molecule has 3 rings (SSSR count). The van der Waals surface area contributed by atoms with Gasteiger partial charge in [-0.05, 0) is 49.6 Å². The number of halogens is 2. The summed E-state index contributed by atoms with van der Waals surface area (Å²) in [6, 6.07) is 8.40. The van der Waals surface area contributed by atoms with Gasteiger partial charge >= 0.3 is 0 Å². The van der Waals surface area contributed by atoms with Gasteiger partial charge in [0.05, 0.1) is 27.2 Å². The van der Waals surface area contributed by atoms with Gasteiger partial charge in [-0.1, -0.05) is 41.4 Å². The highest BCUT2D eigenvalue weighted by atomic mass is 35.5. The van der Waals surface area contributed by atoms with Gasteiger partial charge in [0.2, 0.25) is 5.91 Å². The summed E-state index contributed by atoms with van der Waals surface area (Å²) in [6.45, 7) is 5.51. The van der Waals surface area contributed by atoms with Crippen LogP contribution in [0.25, 0.3) is 0 Å². The van der Waals surface area contributed by atoms with Gasteiger partial charge in [0, 0.05) is 0 Å². The van der Waals surface area contributed by atoms with Crippen molar-refractivity contribution < 1.29 is 14.4 Å². The molecule has 5 nitrogen and oxygen atoms in total. The second-order valence-corrected chi connectivity index (χ2v) is 7.46. The minimum Gasteiger partial charge on any atom is -0.348 e. The lowest BCUT2D eigenvalue weighted by Crippen LogP contribution is -2.41. The summed E-state index contributed by atoms with van der Waals surface area (Å²) in [5.41, 5.74) is 3.56. The lowest BCUT2D eigenvalue weighted by Gasteiger charge is -2.18. The molecule has 0 bridgehead atoms. The third-order valence-electron chi connectivity index (χ3n) is 4.72. The molecule has 0 aliphatic carbocycles. The second-order valence-electron chi connectivity index (χ2n) is 6.64. The zero-order chi connectivity index (χ0) is 19.9. The van der Waals surface area contributed by atoms with Crippen molar-refractivity contribution in [3.05, 3.63) is 68.2 Å². The fraction of sp³-hybridized carbons (Fsp3) is 0.250. The maximum atomic E-state index is 12.5. The van der Waals surface area contributed by atoms with Crippen molar-refractivity contribution in [2.75, 3.05) is 6.54 Å². The van der Waals surface area contributed by atoms with Crippen LogP contribution in [0.3, 0.4) is 0 Å². The number of carbonyl (C=O) groups excluding carboxylic acids is 3. The number of imide groups is 1. The molecule has 0 radical (unpaired) electrons. The summed E-state index contributed by atoms with van der Waals surface area (Å²) in [7, 11) is 0. The maximum absolute atomic E-state index is 12.5. The quantitative estimate of drug-likeness (QED) is 0.780. The van der Waals surface area contributed by atoms with Gasteiger partial charge in [0.15, 0.2) is 0 Å². The van der Waals surface area contributed by atoms with E-state index < -0.39 is 17.7 Å². The number of benzene rings is 2. The molecule has 1 aliphatic heterocycles. The van der Waals surface area contributed by atoms with Crippen LogP contribution in [0.4, 0.5) is 0 Å². The Kier molecular flexibility index (Phi) is 5.27. The second kappa shape index (κ2) is 7.33. The molecule has 3 amide bonds. The Labute approximate surface area is 167 Å². The maximum Gasteiger partial charge on any atom is 0.262 e. The molecule has 140 valence electrons. The Balaban J connectivity index is 1.72. The highest BCUT2D eigenvalue weighted by Gasteiger charge is 2.37. The Morgan fingerprint density at radius 3 is 2.07 bits per heavy atom. The molecule has 1 heterocycles. The zero-order valence-corrected chi connectivity index (χ0v) is 16.6. The first-order valence-electron chi connectivity index (χ1n) is 8.40. The van der Waals surface area contributed by atoms with Gasteiger partial charge in [0.25, 0.3) is 11.8 Å². The van der Waals surface area contributed by atoms with Gasteiger partial charge in [-0.2, -0.15) is 0 Å². The summed E-state index contributed by atoms with van der Waals surface area (Å²) in [6.07, 6.45) is 0. The van der Waals surface area contributed by atoms with E-state index in [1.807, 2.05) is 39.0 Å². The third-order valence-corrected chi connectivity index (χ3v) is 5.44. The molecule has 0 unspecified atom stereocenters. The Bertz CT molecular complexity index is 931. The Morgan fingerprint density at radius 1 is 1.00 bits per heavy atom. The van der Waals surface area contributed by atoms with E-state index in [-0.39, 0.29) is 33.8 Å². The molecule has 0 fully saturated rings. The van der Waals surface area contributed by atoms with Crippen LogP contribution < -0.4 is 5.32 Å². The van der Waals surface area contributed by atoms with E-state index in [1.54, 1.807) is 0 Å². The fourth-order valence-electron chi connectivity index (χ4n) is 2.98. The van der Waals surface area contributed by atoms with Crippen LogP contribution in [0.15, 0.2) is 30.3 Å². The van der Waals surface area contributed by atoms with Gasteiger partial charge < -0.3 is 5.32 Å². The monoisotopic (exact) mass is 404 g/mol. The topological polar surface area (TPSA) is 66.5 Å². The van der Waals surface area contributed by atoms with Crippen molar-refractivity contribution in [2.24, 2.45) is 0 Å². The molecule has 0 aromatic heterocycles. The Hall–Kier alpha value is -2.37. The average molecular weight is 405 g/mol. The molecule has 1 aliphatic rings. The van der Waals surface area contributed by atoms with Crippen LogP contribution in [0.1, 0.15) is 50.4 Å². The number of carbonyl (C=O) groups is 3. The predicted molar refractivity (Wildman–Crippen MR) is 104 cm³/mol. The van der Waals surface area contributed by atoms with Crippen LogP contribution in [0.5, 0.6) is 0 Å². The normalized spacial score (nSPS) is 14.3. The summed E-state index contributed by atoms with van der Waals surface area (Å²) in [5.74, 6) is -1.53. The molecular weight excluding hydrogens is 387 g/mol. The summed E-state index contributed by atoms with van der Waals surface area (Å²) in [5, 5.41) is 3.20. The summed E-state index contributed by atoms with van der Waals surface area (Å²) >= 11 is 11.9. The van der Waals surface area contributed by atoms with Gasteiger partial charge in [-0.3, -0.25) is 19.3 Å². The van der Waals surface area contributed by atoms with Crippen molar-refractivity contribution in [3.8, 4) is 0 Å².